The van der Waals surface area contributed by atoms with Gasteiger partial charge < -0.3 is 34.8 Å². The van der Waals surface area contributed by atoms with E-state index in [1.807, 2.05) is 31.2 Å². The van der Waals surface area contributed by atoms with Gasteiger partial charge in [0, 0.05) is 11.6 Å². The molecule has 3 aromatic rings. The van der Waals surface area contributed by atoms with Crippen molar-refractivity contribution in [2.75, 3.05) is 18.3 Å². The summed E-state index contributed by atoms with van der Waals surface area (Å²) in [6.45, 7) is 1.68. The first-order valence-electron chi connectivity index (χ1n) is 11.9. The number of fused-ring (bicyclic) bond motifs is 1. The highest BCUT2D eigenvalue weighted by Crippen LogP contribution is 2.37. The summed E-state index contributed by atoms with van der Waals surface area (Å²) in [5.74, 6) is 1.09. The van der Waals surface area contributed by atoms with Gasteiger partial charge >= 0.3 is 7.60 Å². The summed E-state index contributed by atoms with van der Waals surface area (Å²) in [6, 6.07) is 8.06. The molecule has 1 saturated carbocycles. The molecule has 2 fully saturated rings. The van der Waals surface area contributed by atoms with Gasteiger partial charge in [-0.2, -0.15) is 0 Å². The van der Waals surface area contributed by atoms with Crippen molar-refractivity contribution < 1.29 is 34.0 Å². The molecular weight excluding hydrogens is 489 g/mol. The largest absolute Gasteiger partial charge is 0.387 e. The Morgan fingerprint density at radius 3 is 2.64 bits per heavy atom. The van der Waals surface area contributed by atoms with Gasteiger partial charge in [-0.25, -0.2) is 15.0 Å². The zero-order valence-corrected chi connectivity index (χ0v) is 20.7. The first-order chi connectivity index (χ1) is 17.2. The van der Waals surface area contributed by atoms with E-state index in [9.17, 15) is 14.8 Å². The van der Waals surface area contributed by atoms with Crippen molar-refractivity contribution in [2.45, 2.75) is 63.2 Å². The predicted molar refractivity (Wildman–Crippen MR) is 130 cm³/mol. The van der Waals surface area contributed by atoms with Crippen LogP contribution in [0.25, 0.3) is 22.6 Å². The van der Waals surface area contributed by atoms with E-state index in [-0.39, 0.29) is 12.6 Å². The summed E-state index contributed by atoms with van der Waals surface area (Å²) in [4.78, 5) is 32.1. The molecule has 0 amide bonds. The van der Waals surface area contributed by atoms with Gasteiger partial charge in [0.2, 0.25) is 0 Å². The quantitative estimate of drug-likeness (QED) is 0.275. The lowest BCUT2D eigenvalue weighted by molar-refractivity contribution is -0.0612. The van der Waals surface area contributed by atoms with Crippen LogP contribution >= 0.6 is 7.60 Å². The standard InChI is InChI=1S/C23H30N5O7P/c1-13-6-2-5-9-15(13)20-26-21(25-14-7-3-4-8-14)17-22(27-20)28(11-24-17)23-19(30)18(29)16(35-23)10-34-12-36(31,32)33/h2,5-6,9,11,14,16,18-19,23,29-30H,3-4,7-8,10,12H2,1H3,(H,25,26,27)(H2,31,32,33)/t16-,18-,19-,23-/m1/s1. The topological polar surface area (TPSA) is 172 Å². The minimum absolute atomic E-state index is 0.281. The Bertz CT molecular complexity index is 1270. The average Bonchev–Trinajstić information content (AvgIpc) is 3.55. The van der Waals surface area contributed by atoms with Gasteiger partial charge in [-0.15, -0.1) is 0 Å². The summed E-state index contributed by atoms with van der Waals surface area (Å²) in [7, 11) is -4.37. The molecule has 1 aliphatic carbocycles. The molecule has 1 aromatic carbocycles. The second kappa shape index (κ2) is 10.1. The maximum Gasteiger partial charge on any atom is 0.350 e. The number of hydrogen-bond donors (Lipinski definition) is 5. The molecule has 2 aromatic heterocycles. The number of aromatic nitrogens is 4. The smallest absolute Gasteiger partial charge is 0.350 e. The van der Waals surface area contributed by atoms with E-state index in [1.54, 1.807) is 4.57 Å². The lowest BCUT2D eigenvalue weighted by atomic mass is 10.1. The highest BCUT2D eigenvalue weighted by Gasteiger charge is 2.44. The predicted octanol–water partition coefficient (Wildman–Crippen LogP) is 1.93. The number of aliphatic hydroxyl groups is 2. The van der Waals surface area contributed by atoms with E-state index >= 15 is 0 Å². The minimum atomic E-state index is -4.37. The third kappa shape index (κ3) is 5.16. The highest BCUT2D eigenvalue weighted by atomic mass is 31.2. The zero-order chi connectivity index (χ0) is 25.4. The molecule has 5 rings (SSSR count). The maximum atomic E-state index is 11.1. The zero-order valence-electron chi connectivity index (χ0n) is 19.8. The number of nitrogens with one attached hydrogen (secondary N) is 1. The summed E-state index contributed by atoms with van der Waals surface area (Å²) >= 11 is 0. The van der Waals surface area contributed by atoms with Gasteiger partial charge in [0.05, 0.1) is 12.9 Å². The number of benzene rings is 1. The fraction of sp³-hybridized carbons (Fsp3) is 0.522. The molecule has 0 bridgehead atoms. The van der Waals surface area contributed by atoms with E-state index in [1.165, 1.54) is 6.33 Å². The second-order valence-corrected chi connectivity index (χ2v) is 11.0. The van der Waals surface area contributed by atoms with Gasteiger partial charge in [0.25, 0.3) is 0 Å². The summed E-state index contributed by atoms with van der Waals surface area (Å²) < 4.78 is 23.5. The Morgan fingerprint density at radius 2 is 1.92 bits per heavy atom. The summed E-state index contributed by atoms with van der Waals surface area (Å²) in [5, 5.41) is 24.8. The van der Waals surface area contributed by atoms with Crippen LogP contribution in [0, 0.1) is 6.92 Å². The van der Waals surface area contributed by atoms with Crippen molar-refractivity contribution >= 4 is 24.6 Å². The average molecular weight is 519 g/mol. The summed E-state index contributed by atoms with van der Waals surface area (Å²) in [5.41, 5.74) is 2.81. The van der Waals surface area contributed by atoms with Crippen LogP contribution in [0.2, 0.25) is 0 Å². The number of ether oxygens (including phenoxy) is 2. The molecule has 2 aliphatic rings. The number of aryl methyl sites for hydroxylation is 1. The van der Waals surface area contributed by atoms with E-state index in [0.717, 1.165) is 36.8 Å². The van der Waals surface area contributed by atoms with E-state index in [2.05, 4.69) is 10.3 Å². The molecular formula is C23H30N5O7P. The molecule has 36 heavy (non-hydrogen) atoms. The number of hydrogen-bond acceptors (Lipinski definition) is 9. The maximum absolute atomic E-state index is 11.1. The Morgan fingerprint density at radius 1 is 1.17 bits per heavy atom. The molecule has 0 radical (unpaired) electrons. The van der Waals surface area contributed by atoms with Crippen molar-refractivity contribution in [2.24, 2.45) is 0 Å². The molecule has 0 unspecified atom stereocenters. The lowest BCUT2D eigenvalue weighted by Gasteiger charge is -2.18. The summed E-state index contributed by atoms with van der Waals surface area (Å²) in [6.07, 6.45) is 0.352. The van der Waals surface area contributed by atoms with Crippen LogP contribution in [-0.4, -0.2) is 76.8 Å². The number of aliphatic hydroxyl groups excluding tert-OH is 2. The van der Waals surface area contributed by atoms with E-state index in [0.29, 0.717) is 22.8 Å². The fourth-order valence-electron chi connectivity index (χ4n) is 4.80. The van der Waals surface area contributed by atoms with Crippen molar-refractivity contribution in [3.05, 3.63) is 36.2 Å². The second-order valence-electron chi connectivity index (χ2n) is 9.37. The van der Waals surface area contributed by atoms with Crippen molar-refractivity contribution in [3.63, 3.8) is 0 Å². The normalized spacial score (nSPS) is 25.1. The number of nitrogens with zero attached hydrogens (tertiary/aromatic N) is 4. The molecule has 4 atom stereocenters. The van der Waals surface area contributed by atoms with Gasteiger partial charge in [0.1, 0.15) is 24.7 Å². The Labute approximate surface area is 207 Å². The van der Waals surface area contributed by atoms with Crippen LogP contribution in [0.1, 0.15) is 37.5 Å². The van der Waals surface area contributed by atoms with Gasteiger partial charge in [0.15, 0.2) is 29.0 Å². The molecule has 1 saturated heterocycles. The molecule has 1 aliphatic heterocycles. The molecule has 13 heteroatoms. The third-order valence-electron chi connectivity index (χ3n) is 6.66. The van der Waals surface area contributed by atoms with Crippen LogP contribution in [0.4, 0.5) is 5.82 Å². The first-order valence-corrected chi connectivity index (χ1v) is 13.7. The van der Waals surface area contributed by atoms with Crippen LogP contribution in [-0.2, 0) is 14.0 Å². The molecule has 194 valence electrons. The van der Waals surface area contributed by atoms with Crippen molar-refractivity contribution in [1.29, 1.82) is 0 Å². The lowest BCUT2D eigenvalue weighted by Crippen LogP contribution is -2.33. The van der Waals surface area contributed by atoms with E-state index in [4.69, 9.17) is 29.2 Å². The highest BCUT2D eigenvalue weighted by molar-refractivity contribution is 7.51. The molecule has 0 spiro atoms. The van der Waals surface area contributed by atoms with E-state index < -0.39 is 38.5 Å². The van der Waals surface area contributed by atoms with Crippen LogP contribution in [0.15, 0.2) is 30.6 Å². The molecule has 5 N–H and O–H groups in total. The van der Waals surface area contributed by atoms with Crippen LogP contribution in [0.3, 0.4) is 0 Å². The monoisotopic (exact) mass is 519 g/mol. The van der Waals surface area contributed by atoms with Crippen molar-refractivity contribution in [3.8, 4) is 11.4 Å². The minimum Gasteiger partial charge on any atom is -0.387 e. The van der Waals surface area contributed by atoms with Gasteiger partial charge in [-0.1, -0.05) is 37.1 Å². The van der Waals surface area contributed by atoms with Gasteiger partial charge in [-0.3, -0.25) is 9.13 Å². The number of rotatable bonds is 8. The molecule has 12 nitrogen and oxygen atoms in total. The van der Waals surface area contributed by atoms with Crippen molar-refractivity contribution in [1.82, 2.24) is 19.5 Å². The van der Waals surface area contributed by atoms with Crippen LogP contribution < -0.4 is 5.32 Å². The number of anilines is 1. The molecule has 3 heterocycles. The van der Waals surface area contributed by atoms with Crippen LogP contribution in [0.5, 0.6) is 0 Å². The first kappa shape index (κ1) is 25.2. The third-order valence-corrected chi connectivity index (χ3v) is 7.18. The Hall–Kier alpha value is -2.44. The SMILES string of the molecule is Cc1ccccc1-c1nc(NC2CCCC2)c2ncn([C@@H]3O[C@H](COCP(=O)(O)O)[C@@H](O)[C@H]3O)c2n1. The fourth-order valence-corrected chi connectivity index (χ4v) is 5.14. The van der Waals surface area contributed by atoms with Gasteiger partial charge in [-0.05, 0) is 25.3 Å². The Kier molecular flexibility index (Phi) is 7.10. The number of imidazole rings is 1. The Balaban J connectivity index is 1.50.